The minimum atomic E-state index is -0.135. The van der Waals surface area contributed by atoms with Crippen LogP contribution in [0.2, 0.25) is 0 Å². The number of ether oxygens (including phenoxy) is 3. The highest BCUT2D eigenvalue weighted by Crippen LogP contribution is 2.33. The maximum atomic E-state index is 11.9. The quantitative estimate of drug-likeness (QED) is 0.364. The van der Waals surface area contributed by atoms with E-state index < -0.39 is 0 Å². The molecule has 7 nitrogen and oxygen atoms in total. The number of nitrogens with one attached hydrogen (secondary N) is 1. The molecule has 1 amide bonds. The Morgan fingerprint density at radius 3 is 2.72 bits per heavy atom. The summed E-state index contributed by atoms with van der Waals surface area (Å²) in [5.41, 5.74) is 3.40. The molecule has 0 unspecified atom stereocenters. The van der Waals surface area contributed by atoms with Gasteiger partial charge in [0.15, 0.2) is 11.5 Å². The largest absolute Gasteiger partial charge is 0.490 e. The van der Waals surface area contributed by atoms with Crippen molar-refractivity contribution in [2.75, 3.05) is 46.1 Å². The van der Waals surface area contributed by atoms with Gasteiger partial charge >= 0.3 is 0 Å². The van der Waals surface area contributed by atoms with E-state index in [1.807, 2.05) is 30.9 Å². The van der Waals surface area contributed by atoms with Gasteiger partial charge in [0, 0.05) is 13.1 Å². The molecule has 1 fully saturated rings. The second-order valence-corrected chi connectivity index (χ2v) is 6.54. The van der Waals surface area contributed by atoms with Crippen LogP contribution in [0.3, 0.4) is 0 Å². The Labute approximate surface area is 161 Å². The maximum Gasteiger partial charge on any atom is 0.254 e. The Hall–Kier alpha value is -1.39. The van der Waals surface area contributed by atoms with Crippen LogP contribution in [0.4, 0.5) is 0 Å². The van der Waals surface area contributed by atoms with Crippen molar-refractivity contribution in [2.24, 2.45) is 5.10 Å². The van der Waals surface area contributed by atoms with E-state index in [1.54, 1.807) is 6.21 Å². The van der Waals surface area contributed by atoms with Gasteiger partial charge < -0.3 is 14.2 Å². The molecule has 1 aromatic carbocycles. The Morgan fingerprint density at radius 1 is 1.32 bits per heavy atom. The standard InChI is InChI=1S/C17H24IN3O4/c1-3-24-15-10-13(9-14(18)17(15)25-4-2)11-19-20-16(22)12-21-5-7-23-8-6-21/h9-11H,3-8,12H2,1-2H3,(H,20,22)/b19-11-. The van der Waals surface area contributed by atoms with Crippen LogP contribution >= 0.6 is 22.6 Å². The fourth-order valence-electron chi connectivity index (χ4n) is 2.39. The molecule has 0 aliphatic carbocycles. The molecule has 0 atom stereocenters. The van der Waals surface area contributed by atoms with Gasteiger partial charge in [0.25, 0.3) is 5.91 Å². The molecule has 0 spiro atoms. The molecule has 1 aliphatic heterocycles. The molecule has 1 aromatic rings. The summed E-state index contributed by atoms with van der Waals surface area (Å²) in [6, 6.07) is 3.79. The highest BCUT2D eigenvalue weighted by atomic mass is 127. The number of hydrogen-bond donors (Lipinski definition) is 1. The predicted molar refractivity (Wildman–Crippen MR) is 104 cm³/mol. The fourth-order valence-corrected chi connectivity index (χ4v) is 3.17. The van der Waals surface area contributed by atoms with Crippen molar-refractivity contribution in [3.05, 3.63) is 21.3 Å². The lowest BCUT2D eigenvalue weighted by atomic mass is 10.2. The number of halogens is 1. The molecule has 138 valence electrons. The molecular weight excluding hydrogens is 437 g/mol. The topological polar surface area (TPSA) is 72.4 Å². The monoisotopic (exact) mass is 461 g/mol. The number of rotatable bonds is 8. The Kier molecular flexibility index (Phi) is 8.42. The first-order valence-electron chi connectivity index (χ1n) is 8.35. The normalized spacial score (nSPS) is 15.3. The molecule has 1 aliphatic rings. The second-order valence-electron chi connectivity index (χ2n) is 5.38. The van der Waals surface area contributed by atoms with Crippen molar-refractivity contribution in [1.29, 1.82) is 0 Å². The molecule has 0 bridgehead atoms. The summed E-state index contributed by atoms with van der Waals surface area (Å²) in [4.78, 5) is 14.0. The minimum absolute atomic E-state index is 0.135. The number of amides is 1. The lowest BCUT2D eigenvalue weighted by Crippen LogP contribution is -2.42. The van der Waals surface area contributed by atoms with Gasteiger partial charge in [0.05, 0.1) is 42.8 Å². The average Bonchev–Trinajstić information content (AvgIpc) is 2.59. The van der Waals surface area contributed by atoms with Gasteiger partial charge in [0.1, 0.15) is 0 Å². The van der Waals surface area contributed by atoms with Gasteiger partial charge in [-0.3, -0.25) is 9.69 Å². The van der Waals surface area contributed by atoms with Crippen molar-refractivity contribution in [3.63, 3.8) is 0 Å². The molecule has 25 heavy (non-hydrogen) atoms. The highest BCUT2D eigenvalue weighted by Gasteiger charge is 2.14. The zero-order valence-corrected chi connectivity index (χ0v) is 16.7. The van der Waals surface area contributed by atoms with Crippen molar-refractivity contribution >= 4 is 34.7 Å². The van der Waals surface area contributed by atoms with Crippen molar-refractivity contribution < 1.29 is 19.0 Å². The zero-order chi connectivity index (χ0) is 18.1. The first kappa shape index (κ1) is 19.9. The lowest BCUT2D eigenvalue weighted by molar-refractivity contribution is -0.123. The Balaban J connectivity index is 1.96. The van der Waals surface area contributed by atoms with Gasteiger partial charge in [-0.25, -0.2) is 5.43 Å². The molecule has 0 saturated carbocycles. The Morgan fingerprint density at radius 2 is 2.04 bits per heavy atom. The second kappa shape index (κ2) is 10.6. The molecule has 1 saturated heterocycles. The van der Waals surface area contributed by atoms with Crippen molar-refractivity contribution in [2.45, 2.75) is 13.8 Å². The summed E-state index contributed by atoms with van der Waals surface area (Å²) in [5.74, 6) is 1.28. The lowest BCUT2D eigenvalue weighted by Gasteiger charge is -2.25. The number of morpholine rings is 1. The van der Waals surface area contributed by atoms with Crippen molar-refractivity contribution in [3.8, 4) is 11.5 Å². The first-order valence-corrected chi connectivity index (χ1v) is 9.43. The van der Waals surface area contributed by atoms with Crippen LogP contribution in [0.1, 0.15) is 19.4 Å². The third kappa shape index (κ3) is 6.44. The van der Waals surface area contributed by atoms with E-state index in [0.717, 1.165) is 28.0 Å². The number of carbonyl (C=O) groups excluding carboxylic acids is 1. The number of benzene rings is 1. The van der Waals surface area contributed by atoms with Crippen LogP contribution in [-0.4, -0.2) is 63.1 Å². The van der Waals surface area contributed by atoms with Gasteiger partial charge in [-0.1, -0.05) is 0 Å². The summed E-state index contributed by atoms with van der Waals surface area (Å²) >= 11 is 2.20. The SMILES string of the molecule is CCOc1cc(/C=N\NC(=O)CN2CCOCC2)cc(I)c1OCC. The zero-order valence-electron chi connectivity index (χ0n) is 14.6. The van der Waals surface area contributed by atoms with Gasteiger partial charge in [-0.15, -0.1) is 0 Å². The molecular formula is C17H24IN3O4. The van der Waals surface area contributed by atoms with E-state index in [9.17, 15) is 4.79 Å². The predicted octanol–water partition coefficient (Wildman–Crippen LogP) is 1.87. The van der Waals surface area contributed by atoms with E-state index >= 15 is 0 Å². The summed E-state index contributed by atoms with van der Waals surface area (Å²) in [6.45, 7) is 8.18. The smallest absolute Gasteiger partial charge is 0.254 e. The average molecular weight is 461 g/mol. The van der Waals surface area contributed by atoms with Crippen LogP contribution in [-0.2, 0) is 9.53 Å². The molecule has 0 aromatic heterocycles. The summed E-state index contributed by atoms with van der Waals surface area (Å²) in [5, 5.41) is 4.04. The summed E-state index contributed by atoms with van der Waals surface area (Å²) in [6.07, 6.45) is 1.61. The van der Waals surface area contributed by atoms with Gasteiger partial charge in [-0.2, -0.15) is 5.10 Å². The minimum Gasteiger partial charge on any atom is -0.490 e. The van der Waals surface area contributed by atoms with Crippen molar-refractivity contribution in [1.82, 2.24) is 10.3 Å². The number of carbonyl (C=O) groups is 1. The highest BCUT2D eigenvalue weighted by molar-refractivity contribution is 14.1. The number of nitrogens with zero attached hydrogens (tertiary/aromatic N) is 2. The van der Waals surface area contributed by atoms with E-state index in [0.29, 0.717) is 38.7 Å². The van der Waals surface area contributed by atoms with Crippen LogP contribution in [0.15, 0.2) is 17.2 Å². The van der Waals surface area contributed by atoms with E-state index in [-0.39, 0.29) is 5.91 Å². The third-order valence-corrected chi connectivity index (χ3v) is 4.30. The van der Waals surface area contributed by atoms with Gasteiger partial charge in [0.2, 0.25) is 0 Å². The van der Waals surface area contributed by atoms with E-state index in [2.05, 4.69) is 33.1 Å². The van der Waals surface area contributed by atoms with Crippen LogP contribution in [0, 0.1) is 3.57 Å². The molecule has 1 N–H and O–H groups in total. The van der Waals surface area contributed by atoms with E-state index in [1.165, 1.54) is 0 Å². The molecule has 0 radical (unpaired) electrons. The fraction of sp³-hybridized carbons (Fsp3) is 0.529. The van der Waals surface area contributed by atoms with Crippen LogP contribution < -0.4 is 14.9 Å². The van der Waals surface area contributed by atoms with Gasteiger partial charge in [-0.05, 0) is 54.1 Å². The molecule has 2 rings (SSSR count). The maximum absolute atomic E-state index is 11.9. The summed E-state index contributed by atoms with van der Waals surface area (Å²) < 4.78 is 17.5. The Bertz CT molecular complexity index is 604. The van der Waals surface area contributed by atoms with Crippen LogP contribution in [0.5, 0.6) is 11.5 Å². The number of hydrazone groups is 1. The van der Waals surface area contributed by atoms with E-state index in [4.69, 9.17) is 14.2 Å². The van der Waals surface area contributed by atoms with Crippen LogP contribution in [0.25, 0.3) is 0 Å². The molecule has 1 heterocycles. The number of hydrogen-bond acceptors (Lipinski definition) is 6. The first-order chi connectivity index (χ1) is 12.1. The molecule has 8 heteroatoms. The summed E-state index contributed by atoms with van der Waals surface area (Å²) in [7, 11) is 0. The third-order valence-electron chi connectivity index (χ3n) is 3.49.